The van der Waals surface area contributed by atoms with Crippen LogP contribution in [0, 0.1) is 0 Å². The third-order valence-corrected chi connectivity index (χ3v) is 18.9. The van der Waals surface area contributed by atoms with Crippen LogP contribution in [0.3, 0.4) is 0 Å². The van der Waals surface area contributed by atoms with Crippen LogP contribution in [0.2, 0.25) is 0 Å². The largest absolute Gasteiger partial charge is 0.477 e. The van der Waals surface area contributed by atoms with Crippen molar-refractivity contribution < 1.29 is 214 Å². The lowest BCUT2D eigenvalue weighted by Gasteiger charge is -2.52. The van der Waals surface area contributed by atoms with Gasteiger partial charge in [0, 0.05) is 47.6 Å². The summed E-state index contributed by atoms with van der Waals surface area (Å²) in [5.41, 5.74) is 0. The maximum absolute atomic E-state index is 13.5. The normalized spacial score (nSPS) is 43.5. The topological polar surface area (TPSA) is 748 Å². The van der Waals surface area contributed by atoms with Gasteiger partial charge in [-0.15, -0.1) is 0 Å². The van der Waals surface area contributed by atoms with Gasteiger partial charge >= 0.3 is 22.3 Å². The first kappa shape index (κ1) is 88.6. The van der Waals surface area contributed by atoms with Gasteiger partial charge in [-0.2, -0.15) is 8.42 Å². The van der Waals surface area contributed by atoms with Gasteiger partial charge in [-0.1, -0.05) is 0 Å². The third-order valence-electron chi connectivity index (χ3n) is 18.4. The number of carbonyl (C=O) groups is 6. The molecule has 0 aromatic rings. The lowest BCUT2D eigenvalue weighted by atomic mass is 9.88. The Balaban J connectivity index is 1.26. The number of methoxy groups -OCH3 is 1. The molecule has 25 N–H and O–H groups in total. The number of carboxylic acids is 2. The molecule has 0 aromatic carbocycles. The van der Waals surface area contributed by atoms with Crippen molar-refractivity contribution in [2.75, 3.05) is 46.8 Å². The van der Waals surface area contributed by atoms with Crippen LogP contribution in [0.25, 0.3) is 0 Å². The molecular weight excluding hydrogens is 1480 g/mol. The Morgan fingerprint density at radius 3 is 1.24 bits per heavy atom. The number of hydrogen-bond donors (Lipinski definition) is 25. The second kappa shape index (κ2) is 37.2. The molecule has 612 valence electrons. The minimum Gasteiger partial charge on any atom is -0.477 e. The van der Waals surface area contributed by atoms with Gasteiger partial charge < -0.3 is 190 Å². The number of ether oxygens (including phenoxy) is 14. The molecule has 37 atom stereocenters. The van der Waals surface area contributed by atoms with Gasteiger partial charge in [0.05, 0.1) is 70.0 Å². The van der Waals surface area contributed by atoms with E-state index in [0.29, 0.717) is 0 Å². The summed E-state index contributed by atoms with van der Waals surface area (Å²) in [4.78, 5) is 77.5. The van der Waals surface area contributed by atoms with Gasteiger partial charge in [0.1, 0.15) is 152 Å². The third kappa shape index (κ3) is 20.2. The number of aliphatic hydroxyl groups excluding tert-OH is 18. The Morgan fingerprint density at radius 2 is 0.840 bits per heavy atom. The van der Waals surface area contributed by atoms with Crippen LogP contribution < -0.4 is 21.3 Å². The number of hydrogen-bond acceptors (Lipinski definition) is 41. The molecule has 7 fully saturated rings. The predicted octanol–water partition coefficient (Wildman–Crippen LogP) is -15.8. The van der Waals surface area contributed by atoms with Crippen molar-refractivity contribution in [1.82, 2.24) is 21.3 Å². The van der Waals surface area contributed by atoms with E-state index in [9.17, 15) is 144 Å². The van der Waals surface area contributed by atoms with Crippen LogP contribution in [0.4, 0.5) is 0 Å². The maximum atomic E-state index is 13.5. The van der Waals surface area contributed by atoms with Crippen LogP contribution in [-0.2, 0) is 110 Å². The van der Waals surface area contributed by atoms with E-state index in [0.717, 1.165) is 34.8 Å². The summed E-state index contributed by atoms with van der Waals surface area (Å²) in [6.07, 6.45) is -71.3. The quantitative estimate of drug-likeness (QED) is 0.0287. The molecule has 48 nitrogen and oxygen atoms in total. The molecule has 7 aliphatic heterocycles. The van der Waals surface area contributed by atoms with E-state index in [1.807, 2.05) is 0 Å². The molecule has 0 saturated carbocycles. The molecule has 7 saturated heterocycles. The smallest absolute Gasteiger partial charge is 0.397 e. The minimum atomic E-state index is -5.63. The molecule has 0 bridgehead atoms. The zero-order valence-electron chi connectivity index (χ0n) is 57.1. The van der Waals surface area contributed by atoms with Crippen molar-refractivity contribution in [3.05, 3.63) is 0 Å². The van der Waals surface area contributed by atoms with Crippen molar-refractivity contribution in [3.8, 4) is 0 Å². The Kier molecular flexibility index (Phi) is 31.1. The number of amides is 4. The molecule has 106 heavy (non-hydrogen) atoms. The Morgan fingerprint density at radius 1 is 0.462 bits per heavy atom. The highest BCUT2D eigenvalue weighted by molar-refractivity contribution is 7.80. The van der Waals surface area contributed by atoms with Gasteiger partial charge in [-0.05, 0) is 6.92 Å². The lowest BCUT2D eigenvalue weighted by molar-refractivity contribution is -0.392. The molecule has 7 rings (SSSR count). The minimum absolute atomic E-state index is 0.866. The SMILES string of the molecule is CO[C@H]1O[C@H](CO[C@@H]2O[C@H](COS(=O)(=O)O)[C@@H](O[C@@H]3O[C@H](CO)[C@H](O)[C@H](O[C@]4(C(=O)O)C[C@H](O)[C@@H](NC(C)=O)[C@H]([C@H](O)[C@H](O)CO)O4)[C@H]3O)[C@H](O[C@@H]3O[C@@H](C)[C@@H](O)[C@@H](O)[C@@H]3O)[C@H]2NC(C)=O)[C@H](O)[C@H](O[C@@H]2O[C@H](CO)[C@H](O)[C@H](O[C@]3(C(=O)O)C[C@H](O)[C@@H](NC(C)=O)[C@H]([C@H](O)[C@H](O)CO)O3)[C@H]2O)[C@H]1NC(C)=O. The number of carboxylic acid groups (broad SMARTS) is 2. The lowest BCUT2D eigenvalue weighted by Crippen LogP contribution is -2.72. The van der Waals surface area contributed by atoms with Crippen molar-refractivity contribution in [1.29, 1.82) is 0 Å². The fourth-order valence-corrected chi connectivity index (χ4v) is 13.5. The molecular formula is C57H94N4O44S. The first-order chi connectivity index (χ1) is 49.5. The molecule has 0 aliphatic carbocycles. The first-order valence-corrected chi connectivity index (χ1v) is 34.1. The summed E-state index contributed by atoms with van der Waals surface area (Å²) >= 11 is 0. The van der Waals surface area contributed by atoms with E-state index in [1.54, 1.807) is 0 Å². The molecule has 0 spiro atoms. The van der Waals surface area contributed by atoms with Crippen LogP contribution in [0.1, 0.15) is 47.5 Å². The molecule has 7 heterocycles. The van der Waals surface area contributed by atoms with E-state index in [-0.39, 0.29) is 0 Å². The molecule has 0 aromatic heterocycles. The van der Waals surface area contributed by atoms with Crippen LogP contribution in [0.15, 0.2) is 0 Å². The Labute approximate surface area is 600 Å². The summed E-state index contributed by atoms with van der Waals surface area (Å²) < 4.78 is 122. The highest BCUT2D eigenvalue weighted by atomic mass is 32.3. The van der Waals surface area contributed by atoms with E-state index in [1.165, 1.54) is 6.92 Å². The number of carbonyl (C=O) groups excluding carboxylic acids is 4. The monoisotopic (exact) mass is 1570 g/mol. The summed E-state index contributed by atoms with van der Waals surface area (Å²) in [5, 5.41) is 230. The van der Waals surface area contributed by atoms with Crippen LogP contribution in [-0.4, -0.2) is 423 Å². The van der Waals surface area contributed by atoms with Crippen molar-refractivity contribution in [2.45, 2.75) is 273 Å². The van der Waals surface area contributed by atoms with E-state index >= 15 is 0 Å². The van der Waals surface area contributed by atoms with E-state index in [4.69, 9.17) is 70.5 Å². The summed E-state index contributed by atoms with van der Waals surface area (Å²) in [6.45, 7) is -2.68. The average molecular weight is 1570 g/mol. The van der Waals surface area contributed by atoms with Gasteiger partial charge in [-0.25, -0.2) is 13.8 Å². The highest BCUT2D eigenvalue weighted by Gasteiger charge is 2.64. The highest BCUT2D eigenvalue weighted by Crippen LogP contribution is 2.42. The van der Waals surface area contributed by atoms with Gasteiger partial charge in [0.2, 0.25) is 23.6 Å². The molecule has 0 unspecified atom stereocenters. The second-order valence-electron chi connectivity index (χ2n) is 26.1. The zero-order valence-corrected chi connectivity index (χ0v) is 57.9. The van der Waals surface area contributed by atoms with E-state index < -0.39 is 324 Å². The van der Waals surface area contributed by atoms with Crippen molar-refractivity contribution >= 4 is 46.0 Å². The number of aliphatic hydroxyl groups is 18. The first-order valence-electron chi connectivity index (χ1n) is 32.8. The van der Waals surface area contributed by atoms with E-state index in [2.05, 4.69) is 21.3 Å². The standard InChI is InChI=1S/C57H94N4O44S/c1-15-32(74)38(80)39(81)51(94-15)101-46-31(61-19(5)69)50(98-27(14-93-106(88,89)90)42(46)99-52-40(82)47(35(77)24(11-64)95-52)104-56(54(84)85)7-20(70)28(58-16(2)66)44(102-56)33(75)22(72)9-62)92-13-26-37(79)43(30(60-18(4)68)49(91-6)97-26)100-53-41(83)48(36(78)25(12-65)96-53)105-57(55(86)87)8-21(71)29(59-17(3)67)45(103-57)34(76)23(73)10-63/h15,20-53,62-65,70-83H,7-14H2,1-6H3,(H,58,66)(H,59,67)(H,60,68)(H,61,69)(H,84,85)(H,86,87)(H,88,89,90)/t15-,20-,21-,22+,23+,24+,25+,26+,27+,28+,29+,30+,31+,32+,33+,34+,35-,36-,37-,38+,39-,40+,41+,42+,43+,44+,45+,46+,47-,48-,49-,50+,51-,52-,53-,56-,57-/m0/s1. The fraction of sp³-hybridized carbons (Fsp3) is 0.895. The fourth-order valence-electron chi connectivity index (χ4n) is 13.2. The van der Waals surface area contributed by atoms with Crippen molar-refractivity contribution in [3.63, 3.8) is 0 Å². The molecule has 49 heteroatoms. The number of aliphatic carboxylic acids is 2. The number of nitrogens with one attached hydrogen (secondary N) is 4. The van der Waals surface area contributed by atoms with Gasteiger partial charge in [-0.3, -0.25) is 23.7 Å². The average Bonchev–Trinajstić information content (AvgIpc) is 0.758. The summed E-state index contributed by atoms with van der Waals surface area (Å²) in [7, 11) is -4.64. The number of rotatable bonds is 31. The second-order valence-corrected chi connectivity index (χ2v) is 27.2. The molecule has 0 radical (unpaired) electrons. The van der Waals surface area contributed by atoms with Gasteiger partial charge in [0.15, 0.2) is 31.5 Å². The predicted molar refractivity (Wildman–Crippen MR) is 326 cm³/mol. The van der Waals surface area contributed by atoms with Crippen LogP contribution in [0.5, 0.6) is 0 Å². The molecule has 4 amide bonds. The van der Waals surface area contributed by atoms with Crippen molar-refractivity contribution in [2.24, 2.45) is 0 Å². The summed E-state index contributed by atoms with van der Waals surface area (Å²) in [6, 6.07) is -7.38. The van der Waals surface area contributed by atoms with Crippen LogP contribution >= 0.6 is 0 Å². The Bertz CT molecular complexity index is 3050. The summed E-state index contributed by atoms with van der Waals surface area (Å²) in [5.74, 6) is -14.8. The zero-order chi connectivity index (χ0) is 79.3. The Hall–Kier alpha value is -4.59. The van der Waals surface area contributed by atoms with Gasteiger partial charge in [0.25, 0.3) is 11.6 Å². The maximum Gasteiger partial charge on any atom is 0.397 e. The molecule has 7 aliphatic rings.